The summed E-state index contributed by atoms with van der Waals surface area (Å²) >= 11 is 0. The molecule has 4 nitrogen and oxygen atoms in total. The minimum atomic E-state index is 0.438. The lowest BCUT2D eigenvalue weighted by molar-refractivity contribution is 0.358. The molecule has 0 aliphatic carbocycles. The normalized spacial score (nSPS) is 13.2. The van der Waals surface area contributed by atoms with E-state index in [-0.39, 0.29) is 0 Å². The Balaban J connectivity index is 1.99. The van der Waals surface area contributed by atoms with Crippen molar-refractivity contribution in [1.29, 1.82) is 0 Å². The molecule has 3 aromatic rings. The summed E-state index contributed by atoms with van der Waals surface area (Å²) in [5, 5.41) is 0. The molecule has 0 saturated heterocycles. The minimum absolute atomic E-state index is 0.438. The molecule has 0 spiro atoms. The second-order valence-corrected chi connectivity index (χ2v) is 4.84. The highest BCUT2D eigenvalue weighted by molar-refractivity contribution is 5.84. The topological polar surface area (TPSA) is 61.0 Å². The van der Waals surface area contributed by atoms with Crippen LogP contribution in [0.2, 0.25) is 0 Å². The van der Waals surface area contributed by atoms with E-state index in [4.69, 9.17) is 10.5 Å². The third-order valence-electron chi connectivity index (χ3n) is 3.57. The van der Waals surface area contributed by atoms with Crippen LogP contribution in [0.15, 0.2) is 42.5 Å². The fraction of sp³-hybridized carbons (Fsp3) is 0.125. The highest BCUT2D eigenvalue weighted by Gasteiger charge is 2.20. The van der Waals surface area contributed by atoms with E-state index in [1.165, 1.54) is 5.56 Å². The maximum Gasteiger partial charge on any atom is 0.150 e. The second-order valence-electron chi connectivity index (χ2n) is 4.84. The van der Waals surface area contributed by atoms with Gasteiger partial charge >= 0.3 is 0 Å². The van der Waals surface area contributed by atoms with E-state index in [0.717, 1.165) is 28.8 Å². The Kier molecular flexibility index (Phi) is 2.36. The van der Waals surface area contributed by atoms with Gasteiger partial charge in [-0.3, -0.25) is 0 Å². The number of aromatic nitrogens is 2. The van der Waals surface area contributed by atoms with Crippen molar-refractivity contribution in [1.82, 2.24) is 9.97 Å². The molecule has 0 amide bonds. The van der Waals surface area contributed by atoms with Gasteiger partial charge in [-0.1, -0.05) is 24.3 Å². The van der Waals surface area contributed by atoms with Gasteiger partial charge in [0.15, 0.2) is 5.82 Å². The number of nitrogen functional groups attached to an aromatic ring is 1. The maximum absolute atomic E-state index is 6.08. The van der Waals surface area contributed by atoms with Gasteiger partial charge in [0.05, 0.1) is 17.6 Å². The fourth-order valence-corrected chi connectivity index (χ4v) is 2.61. The molecule has 2 aromatic carbocycles. The molecule has 4 heteroatoms. The molecular formula is C16H13N3O. The Morgan fingerprint density at radius 1 is 0.950 bits per heavy atom. The number of hydrogen-bond donors (Lipinski definition) is 1. The molecule has 0 fully saturated rings. The molecule has 1 aliphatic heterocycles. The van der Waals surface area contributed by atoms with Gasteiger partial charge in [-0.25, -0.2) is 9.97 Å². The highest BCUT2D eigenvalue weighted by atomic mass is 16.5. The molecule has 2 heterocycles. The molecule has 0 atom stereocenters. The molecule has 0 radical (unpaired) electrons. The van der Waals surface area contributed by atoms with E-state index < -0.39 is 0 Å². The standard InChI is InChI=1S/C16H13N3O/c17-16-14(18-12-6-1-2-7-13(12)19-16)11-5-3-4-10-8-9-20-15(10)11/h1-7H,8-9H2,(H2,17,19). The van der Waals surface area contributed by atoms with Crippen LogP contribution in [0.5, 0.6) is 5.75 Å². The van der Waals surface area contributed by atoms with Crippen LogP contribution in [-0.4, -0.2) is 16.6 Å². The third-order valence-corrected chi connectivity index (χ3v) is 3.57. The summed E-state index contributed by atoms with van der Waals surface area (Å²) in [6, 6.07) is 13.8. The van der Waals surface area contributed by atoms with Crippen molar-refractivity contribution in [3.05, 3.63) is 48.0 Å². The average Bonchev–Trinajstić information content (AvgIpc) is 2.95. The lowest BCUT2D eigenvalue weighted by Gasteiger charge is -2.10. The Bertz CT molecular complexity index is 814. The van der Waals surface area contributed by atoms with Crippen molar-refractivity contribution in [3.63, 3.8) is 0 Å². The lowest BCUT2D eigenvalue weighted by Crippen LogP contribution is -1.99. The summed E-state index contributed by atoms with van der Waals surface area (Å²) in [6.45, 7) is 0.716. The number of benzene rings is 2. The first kappa shape index (κ1) is 11.2. The van der Waals surface area contributed by atoms with Gasteiger partial charge in [0.1, 0.15) is 11.4 Å². The number of ether oxygens (including phenoxy) is 1. The zero-order valence-electron chi connectivity index (χ0n) is 10.8. The van der Waals surface area contributed by atoms with E-state index in [9.17, 15) is 0 Å². The molecule has 2 N–H and O–H groups in total. The number of nitrogens with two attached hydrogens (primary N) is 1. The number of hydrogen-bond acceptors (Lipinski definition) is 4. The SMILES string of the molecule is Nc1nc2ccccc2nc1-c1cccc2c1OCC2. The highest BCUT2D eigenvalue weighted by Crippen LogP contribution is 2.38. The predicted octanol–water partition coefficient (Wildman–Crippen LogP) is 2.81. The molecule has 1 aromatic heterocycles. The van der Waals surface area contributed by atoms with Crippen LogP contribution in [-0.2, 0) is 6.42 Å². The Morgan fingerprint density at radius 2 is 1.75 bits per heavy atom. The summed E-state index contributed by atoms with van der Waals surface area (Å²) in [6.07, 6.45) is 0.935. The quantitative estimate of drug-likeness (QED) is 0.733. The Labute approximate surface area is 116 Å². The van der Waals surface area contributed by atoms with E-state index in [2.05, 4.69) is 16.0 Å². The molecule has 0 unspecified atom stereocenters. The van der Waals surface area contributed by atoms with Gasteiger partial charge in [-0.15, -0.1) is 0 Å². The van der Waals surface area contributed by atoms with Crippen LogP contribution in [0.4, 0.5) is 5.82 Å². The monoisotopic (exact) mass is 263 g/mol. The van der Waals surface area contributed by atoms with Crippen molar-refractivity contribution >= 4 is 16.9 Å². The Hall–Kier alpha value is -2.62. The number of anilines is 1. The van der Waals surface area contributed by atoms with E-state index >= 15 is 0 Å². The summed E-state index contributed by atoms with van der Waals surface area (Å²) < 4.78 is 5.73. The first-order chi connectivity index (χ1) is 9.83. The predicted molar refractivity (Wildman–Crippen MR) is 78.6 cm³/mol. The number of fused-ring (bicyclic) bond motifs is 2. The van der Waals surface area contributed by atoms with Crippen LogP contribution in [0.1, 0.15) is 5.56 Å². The molecule has 0 bridgehead atoms. The van der Waals surface area contributed by atoms with Crippen molar-refractivity contribution in [2.45, 2.75) is 6.42 Å². The summed E-state index contributed by atoms with van der Waals surface area (Å²) in [4.78, 5) is 9.09. The average molecular weight is 263 g/mol. The second kappa shape index (κ2) is 4.20. The number of nitrogens with zero attached hydrogens (tertiary/aromatic N) is 2. The summed E-state index contributed by atoms with van der Waals surface area (Å²) in [5.41, 5.74) is 10.6. The van der Waals surface area contributed by atoms with Crippen molar-refractivity contribution in [2.24, 2.45) is 0 Å². The van der Waals surface area contributed by atoms with E-state index in [1.807, 2.05) is 36.4 Å². The van der Waals surface area contributed by atoms with Gasteiger partial charge in [0.2, 0.25) is 0 Å². The molecular weight excluding hydrogens is 250 g/mol. The first-order valence-corrected chi connectivity index (χ1v) is 6.60. The molecule has 20 heavy (non-hydrogen) atoms. The van der Waals surface area contributed by atoms with Crippen LogP contribution < -0.4 is 10.5 Å². The maximum atomic E-state index is 6.08. The van der Waals surface area contributed by atoms with Crippen LogP contribution in [0.3, 0.4) is 0 Å². The molecule has 1 aliphatic rings. The Morgan fingerprint density at radius 3 is 2.60 bits per heavy atom. The molecule has 98 valence electrons. The van der Waals surface area contributed by atoms with Crippen molar-refractivity contribution in [2.75, 3.05) is 12.3 Å². The van der Waals surface area contributed by atoms with Gasteiger partial charge in [-0.2, -0.15) is 0 Å². The van der Waals surface area contributed by atoms with Gasteiger partial charge < -0.3 is 10.5 Å². The third kappa shape index (κ3) is 1.61. The summed E-state index contributed by atoms with van der Waals surface area (Å²) in [7, 11) is 0. The van der Waals surface area contributed by atoms with Gasteiger partial charge in [0, 0.05) is 12.0 Å². The van der Waals surface area contributed by atoms with Gasteiger partial charge in [0.25, 0.3) is 0 Å². The zero-order valence-corrected chi connectivity index (χ0v) is 10.8. The zero-order chi connectivity index (χ0) is 13.5. The fourth-order valence-electron chi connectivity index (χ4n) is 2.61. The number of para-hydroxylation sites is 3. The first-order valence-electron chi connectivity index (χ1n) is 6.60. The number of rotatable bonds is 1. The smallest absolute Gasteiger partial charge is 0.150 e. The van der Waals surface area contributed by atoms with Crippen LogP contribution in [0.25, 0.3) is 22.3 Å². The van der Waals surface area contributed by atoms with Gasteiger partial charge in [-0.05, 0) is 23.8 Å². The van der Waals surface area contributed by atoms with Crippen molar-refractivity contribution in [3.8, 4) is 17.0 Å². The lowest BCUT2D eigenvalue weighted by atomic mass is 10.1. The molecule has 4 rings (SSSR count). The van der Waals surface area contributed by atoms with Crippen molar-refractivity contribution < 1.29 is 4.74 Å². The van der Waals surface area contributed by atoms with E-state index in [1.54, 1.807) is 0 Å². The van der Waals surface area contributed by atoms with Crippen LogP contribution >= 0.6 is 0 Å². The molecule has 0 saturated carbocycles. The largest absolute Gasteiger partial charge is 0.492 e. The van der Waals surface area contributed by atoms with Crippen LogP contribution in [0, 0.1) is 0 Å². The van der Waals surface area contributed by atoms with E-state index in [0.29, 0.717) is 18.1 Å². The minimum Gasteiger partial charge on any atom is -0.492 e. The summed E-state index contributed by atoms with van der Waals surface area (Å²) in [5.74, 6) is 1.33.